The van der Waals surface area contributed by atoms with Gasteiger partial charge in [-0.25, -0.2) is 0 Å². The molecule has 0 aliphatic heterocycles. The summed E-state index contributed by atoms with van der Waals surface area (Å²) in [6.45, 7) is 4.51. The maximum atomic E-state index is 2.37. The standard InChI is InChI=1S/C37H52P/c1-34(2)26-18-13-11-9-7-5-3-4-6-8-10-12-14-25-33-38(35-27-19-15-20-28-35,36-29-21-16-22-30-36)37-31-23-17-24-32-37/h15-24,26-32,34H,3-14,25,33H2,1-2H3/q+1. The molecule has 0 nitrogen and oxygen atoms in total. The highest BCUT2D eigenvalue weighted by atomic mass is 31.2. The van der Waals surface area contributed by atoms with Crippen LogP contribution in [0.2, 0.25) is 0 Å². The third-order valence-corrected chi connectivity index (χ3v) is 12.3. The second-order valence-electron chi connectivity index (χ2n) is 11.2. The Bertz CT molecular complexity index is 894. The van der Waals surface area contributed by atoms with E-state index < -0.39 is 7.26 Å². The average Bonchev–Trinajstić information content (AvgIpc) is 2.96. The summed E-state index contributed by atoms with van der Waals surface area (Å²) in [6.07, 6.45) is 24.0. The highest BCUT2D eigenvalue weighted by Gasteiger charge is 2.44. The van der Waals surface area contributed by atoms with Crippen LogP contribution in [0, 0.1) is 5.92 Å². The maximum absolute atomic E-state index is 2.37. The predicted molar refractivity (Wildman–Crippen MR) is 174 cm³/mol. The first-order valence-corrected chi connectivity index (χ1v) is 17.4. The van der Waals surface area contributed by atoms with Crippen molar-refractivity contribution in [2.75, 3.05) is 6.16 Å². The van der Waals surface area contributed by atoms with E-state index in [1.165, 1.54) is 106 Å². The van der Waals surface area contributed by atoms with Gasteiger partial charge < -0.3 is 0 Å². The second-order valence-corrected chi connectivity index (χ2v) is 14.9. The Hall–Kier alpha value is -2.17. The molecule has 3 rings (SSSR count). The molecule has 0 amide bonds. The fourth-order valence-corrected chi connectivity index (χ4v) is 10.0. The highest BCUT2D eigenvalue weighted by molar-refractivity contribution is 7.95. The lowest BCUT2D eigenvalue weighted by Gasteiger charge is -2.27. The third-order valence-electron chi connectivity index (χ3n) is 7.73. The fourth-order valence-electron chi connectivity index (χ4n) is 5.63. The lowest BCUT2D eigenvalue weighted by molar-refractivity contribution is 0.545. The zero-order valence-electron chi connectivity index (χ0n) is 24.2. The van der Waals surface area contributed by atoms with Crippen molar-refractivity contribution >= 4 is 23.2 Å². The Labute approximate surface area is 235 Å². The molecule has 0 spiro atoms. The molecule has 0 N–H and O–H groups in total. The number of benzene rings is 3. The zero-order valence-corrected chi connectivity index (χ0v) is 25.1. The van der Waals surface area contributed by atoms with Crippen molar-refractivity contribution in [1.29, 1.82) is 0 Å². The van der Waals surface area contributed by atoms with Crippen LogP contribution in [-0.4, -0.2) is 6.16 Å². The van der Waals surface area contributed by atoms with Gasteiger partial charge in [0.25, 0.3) is 0 Å². The van der Waals surface area contributed by atoms with Crippen LogP contribution < -0.4 is 15.9 Å². The molecule has 3 aromatic carbocycles. The molecule has 0 heterocycles. The van der Waals surface area contributed by atoms with Crippen LogP contribution in [0.25, 0.3) is 0 Å². The monoisotopic (exact) mass is 527 g/mol. The molecular formula is C37H52P+. The van der Waals surface area contributed by atoms with E-state index in [0.717, 1.165) is 0 Å². The molecule has 0 aliphatic carbocycles. The van der Waals surface area contributed by atoms with Crippen LogP contribution >= 0.6 is 7.26 Å². The molecule has 3 aromatic rings. The van der Waals surface area contributed by atoms with E-state index in [1.807, 2.05) is 0 Å². The minimum Gasteiger partial charge on any atom is -0.0883 e. The van der Waals surface area contributed by atoms with Gasteiger partial charge in [-0.3, -0.25) is 0 Å². The SMILES string of the molecule is CC(C)C=CCCCCCCCCCCCCCC[P+](c1ccccc1)(c1ccccc1)c1ccccc1. The molecule has 0 saturated carbocycles. The number of allylic oxidation sites excluding steroid dienone is 2. The van der Waals surface area contributed by atoms with Crippen molar-refractivity contribution in [2.24, 2.45) is 5.92 Å². The van der Waals surface area contributed by atoms with Crippen molar-refractivity contribution < 1.29 is 0 Å². The summed E-state index contributed by atoms with van der Waals surface area (Å²) in [5, 5.41) is 4.55. The predicted octanol–water partition coefficient (Wildman–Crippen LogP) is 10.3. The Kier molecular flexibility index (Phi) is 14.5. The van der Waals surface area contributed by atoms with Crippen LogP contribution in [0.15, 0.2) is 103 Å². The summed E-state index contributed by atoms with van der Waals surface area (Å²) in [4.78, 5) is 0. The van der Waals surface area contributed by atoms with Gasteiger partial charge in [0.2, 0.25) is 0 Å². The maximum Gasteiger partial charge on any atom is 0.112 e. The first-order chi connectivity index (χ1) is 18.7. The van der Waals surface area contributed by atoms with Crippen molar-refractivity contribution in [3.63, 3.8) is 0 Å². The van der Waals surface area contributed by atoms with Gasteiger partial charge in [-0.1, -0.05) is 138 Å². The Morgan fingerprint density at radius 1 is 0.474 bits per heavy atom. The smallest absolute Gasteiger partial charge is 0.0883 e. The van der Waals surface area contributed by atoms with Crippen molar-refractivity contribution in [2.45, 2.75) is 97.3 Å². The Morgan fingerprint density at radius 3 is 1.18 bits per heavy atom. The van der Waals surface area contributed by atoms with Gasteiger partial charge in [-0.05, 0) is 68.0 Å². The average molecular weight is 528 g/mol. The molecule has 204 valence electrons. The first kappa shape index (κ1) is 30.4. The van der Waals surface area contributed by atoms with E-state index in [1.54, 1.807) is 0 Å². The van der Waals surface area contributed by atoms with Crippen LogP contribution in [0.4, 0.5) is 0 Å². The summed E-state index contributed by atoms with van der Waals surface area (Å²) >= 11 is 0. The van der Waals surface area contributed by atoms with Gasteiger partial charge >= 0.3 is 0 Å². The highest BCUT2D eigenvalue weighted by Crippen LogP contribution is 2.56. The molecule has 0 aromatic heterocycles. The summed E-state index contributed by atoms with van der Waals surface area (Å²) in [6, 6.07) is 34.0. The molecule has 0 aliphatic rings. The van der Waals surface area contributed by atoms with Crippen LogP contribution in [0.1, 0.15) is 97.3 Å². The summed E-state index contributed by atoms with van der Waals surface area (Å²) in [5.41, 5.74) is 0. The zero-order chi connectivity index (χ0) is 26.7. The number of hydrogen-bond donors (Lipinski definition) is 0. The van der Waals surface area contributed by atoms with E-state index >= 15 is 0 Å². The first-order valence-electron chi connectivity index (χ1n) is 15.4. The summed E-state index contributed by atoms with van der Waals surface area (Å²) in [7, 11) is -1.65. The summed E-state index contributed by atoms with van der Waals surface area (Å²) in [5.74, 6) is 0.697. The van der Waals surface area contributed by atoms with E-state index in [4.69, 9.17) is 0 Å². The minimum absolute atomic E-state index is 0.697. The number of unbranched alkanes of at least 4 members (excludes halogenated alkanes) is 12. The van der Waals surface area contributed by atoms with Gasteiger partial charge in [0, 0.05) is 0 Å². The summed E-state index contributed by atoms with van der Waals surface area (Å²) < 4.78 is 0. The minimum atomic E-state index is -1.65. The number of hydrogen-bond acceptors (Lipinski definition) is 0. The molecule has 0 unspecified atom stereocenters. The van der Waals surface area contributed by atoms with Crippen LogP contribution in [0.3, 0.4) is 0 Å². The van der Waals surface area contributed by atoms with E-state index in [0.29, 0.717) is 5.92 Å². The van der Waals surface area contributed by atoms with Gasteiger partial charge in [0.1, 0.15) is 23.2 Å². The van der Waals surface area contributed by atoms with Gasteiger partial charge in [-0.2, -0.15) is 0 Å². The van der Waals surface area contributed by atoms with Gasteiger partial charge in [-0.15, -0.1) is 0 Å². The van der Waals surface area contributed by atoms with Crippen LogP contribution in [-0.2, 0) is 0 Å². The molecule has 0 fully saturated rings. The second kappa shape index (κ2) is 18.2. The number of rotatable bonds is 19. The van der Waals surface area contributed by atoms with E-state index in [9.17, 15) is 0 Å². The molecular weight excluding hydrogens is 475 g/mol. The van der Waals surface area contributed by atoms with E-state index in [2.05, 4.69) is 117 Å². The van der Waals surface area contributed by atoms with E-state index in [-0.39, 0.29) is 0 Å². The van der Waals surface area contributed by atoms with Crippen LogP contribution in [0.5, 0.6) is 0 Å². The Morgan fingerprint density at radius 2 is 0.816 bits per heavy atom. The molecule has 0 saturated heterocycles. The molecule has 0 atom stereocenters. The van der Waals surface area contributed by atoms with Crippen molar-refractivity contribution in [3.8, 4) is 0 Å². The Balaban J connectivity index is 1.39. The molecule has 0 bridgehead atoms. The third kappa shape index (κ3) is 10.2. The van der Waals surface area contributed by atoms with Gasteiger partial charge in [0.05, 0.1) is 6.16 Å². The largest absolute Gasteiger partial charge is 0.112 e. The topological polar surface area (TPSA) is 0 Å². The van der Waals surface area contributed by atoms with Crippen molar-refractivity contribution in [1.82, 2.24) is 0 Å². The quantitative estimate of drug-likeness (QED) is 0.0826. The molecule has 1 heteroatoms. The normalized spacial score (nSPS) is 12.0. The van der Waals surface area contributed by atoms with Gasteiger partial charge in [0.15, 0.2) is 0 Å². The lowest BCUT2D eigenvalue weighted by Crippen LogP contribution is -2.33. The molecule has 0 radical (unpaired) electrons. The van der Waals surface area contributed by atoms with Crippen molar-refractivity contribution in [3.05, 3.63) is 103 Å². The lowest BCUT2D eigenvalue weighted by atomic mass is 10.0. The fraction of sp³-hybridized carbons (Fsp3) is 0.459. The molecule has 38 heavy (non-hydrogen) atoms.